The van der Waals surface area contributed by atoms with Gasteiger partial charge in [-0.3, -0.25) is 4.98 Å². The normalized spacial score (nSPS) is 25.4. The molecule has 0 radical (unpaired) electrons. The van der Waals surface area contributed by atoms with Gasteiger partial charge < -0.3 is 10.5 Å². The van der Waals surface area contributed by atoms with Crippen LogP contribution >= 0.6 is 23.4 Å². The number of rotatable bonds is 6. The van der Waals surface area contributed by atoms with Crippen LogP contribution in [0.2, 0.25) is 5.02 Å². The minimum Gasteiger partial charge on any atom is -0.383 e. The molecule has 1 aliphatic heterocycles. The second-order valence-corrected chi connectivity index (χ2v) is 9.16. The number of pyridine rings is 1. The smallest absolute Gasteiger partial charge is 0.156 e. The summed E-state index contributed by atoms with van der Waals surface area (Å²) in [5.74, 6) is -1.29. The van der Waals surface area contributed by atoms with Crippen LogP contribution in [0.1, 0.15) is 23.7 Å². The third kappa shape index (κ3) is 3.56. The summed E-state index contributed by atoms with van der Waals surface area (Å²) >= 11 is 7.06. The minimum absolute atomic E-state index is 0.00352. The van der Waals surface area contributed by atoms with E-state index in [1.807, 2.05) is 6.92 Å². The molecule has 4 rings (SSSR count). The number of hydrogen-bond donors (Lipinski definition) is 1. The van der Waals surface area contributed by atoms with Crippen LogP contribution in [-0.4, -0.2) is 35.3 Å². The van der Waals surface area contributed by atoms with Crippen molar-refractivity contribution in [2.75, 3.05) is 20.4 Å². The first-order valence-electron chi connectivity index (χ1n) is 9.38. The Balaban J connectivity index is 1.80. The van der Waals surface area contributed by atoms with E-state index >= 15 is 0 Å². The van der Waals surface area contributed by atoms with E-state index in [1.54, 1.807) is 0 Å². The molecule has 4 nitrogen and oxygen atoms in total. The number of amidine groups is 1. The number of halogens is 4. The van der Waals surface area contributed by atoms with Gasteiger partial charge in [-0.1, -0.05) is 29.4 Å². The molecule has 0 fully saturated rings. The van der Waals surface area contributed by atoms with Crippen molar-refractivity contribution in [3.63, 3.8) is 0 Å². The largest absolute Gasteiger partial charge is 0.383 e. The number of fused-ring (bicyclic) bond motifs is 1. The lowest BCUT2D eigenvalue weighted by Gasteiger charge is -2.34. The molecule has 2 aromatic rings. The van der Waals surface area contributed by atoms with Gasteiger partial charge in [0, 0.05) is 18.9 Å². The van der Waals surface area contributed by atoms with Gasteiger partial charge in [-0.25, -0.2) is 18.2 Å². The lowest BCUT2D eigenvalue weighted by Crippen LogP contribution is -2.40. The Kier molecular flexibility index (Phi) is 5.66. The van der Waals surface area contributed by atoms with E-state index in [2.05, 4.69) is 9.98 Å². The van der Waals surface area contributed by atoms with Gasteiger partial charge in [0.2, 0.25) is 0 Å². The topological polar surface area (TPSA) is 60.5 Å². The van der Waals surface area contributed by atoms with Gasteiger partial charge >= 0.3 is 0 Å². The number of hydrogen-bond acceptors (Lipinski definition) is 5. The molecule has 2 N–H and O–H groups in total. The summed E-state index contributed by atoms with van der Waals surface area (Å²) in [5.41, 5.74) is 6.32. The fourth-order valence-electron chi connectivity index (χ4n) is 4.12. The van der Waals surface area contributed by atoms with Crippen LogP contribution in [0.15, 0.2) is 52.7 Å². The van der Waals surface area contributed by atoms with Crippen molar-refractivity contribution in [3.05, 3.63) is 75.3 Å². The molecule has 0 bridgehead atoms. The molecule has 162 valence electrons. The zero-order chi connectivity index (χ0) is 22.4. The molecule has 0 unspecified atom stereocenters. The molecule has 9 heteroatoms. The molecule has 0 spiro atoms. The van der Waals surface area contributed by atoms with Crippen molar-refractivity contribution in [2.24, 2.45) is 10.7 Å². The van der Waals surface area contributed by atoms with Gasteiger partial charge in [0.05, 0.1) is 22.1 Å². The molecule has 1 aromatic heterocycles. The van der Waals surface area contributed by atoms with Crippen molar-refractivity contribution in [2.45, 2.75) is 17.2 Å². The van der Waals surface area contributed by atoms with Crippen LogP contribution in [-0.2, 0) is 10.3 Å². The average molecular weight is 466 g/mol. The number of ether oxygens (including phenoxy) is 1. The summed E-state index contributed by atoms with van der Waals surface area (Å²) in [7, 11) is 1.54. The maximum Gasteiger partial charge on any atom is 0.156 e. The predicted octanol–water partition coefficient (Wildman–Crippen LogP) is 5.28. The highest BCUT2D eigenvalue weighted by atomic mass is 35.5. The molecule has 0 saturated heterocycles. The van der Waals surface area contributed by atoms with Gasteiger partial charge in [-0.15, -0.1) is 0 Å². The van der Waals surface area contributed by atoms with E-state index in [4.69, 9.17) is 22.1 Å². The SMILES string of the molecule is COC[C@@]12SC(N)=N[C@](CF)(c3cc(/C=C(\F)c4ccc(Cl)cn4)ccc3F)C1=C2C. The fourth-order valence-corrected chi connectivity index (χ4v) is 5.59. The number of aromatic nitrogens is 1. The average Bonchev–Trinajstić information content (AvgIpc) is 3.32. The highest BCUT2D eigenvalue weighted by Crippen LogP contribution is 2.65. The maximum absolute atomic E-state index is 15.0. The molecule has 2 atom stereocenters. The van der Waals surface area contributed by atoms with Gasteiger partial charge in [0.15, 0.2) is 5.17 Å². The van der Waals surface area contributed by atoms with Gasteiger partial charge in [-0.2, -0.15) is 0 Å². The van der Waals surface area contributed by atoms with E-state index in [0.717, 1.165) is 5.57 Å². The zero-order valence-electron chi connectivity index (χ0n) is 16.8. The quantitative estimate of drug-likeness (QED) is 0.589. The fraction of sp³-hybridized carbons (Fsp3) is 0.273. The van der Waals surface area contributed by atoms with Crippen molar-refractivity contribution >= 4 is 40.4 Å². The second kappa shape index (κ2) is 8.00. The Bertz CT molecular complexity index is 1140. The number of alkyl halides is 1. The van der Waals surface area contributed by atoms with Crippen molar-refractivity contribution in [1.29, 1.82) is 0 Å². The van der Waals surface area contributed by atoms with Gasteiger partial charge in [0.1, 0.15) is 23.9 Å². The number of nitrogens with two attached hydrogens (primary N) is 1. The Morgan fingerprint density at radius 3 is 2.74 bits per heavy atom. The van der Waals surface area contributed by atoms with Crippen molar-refractivity contribution in [1.82, 2.24) is 4.98 Å². The number of aliphatic imine (C=N–C) groups is 1. The Morgan fingerprint density at radius 2 is 2.10 bits per heavy atom. The van der Waals surface area contributed by atoms with E-state index in [-0.39, 0.29) is 23.0 Å². The molecule has 0 amide bonds. The molecule has 1 aromatic carbocycles. The zero-order valence-corrected chi connectivity index (χ0v) is 18.3. The highest BCUT2D eigenvalue weighted by molar-refractivity contribution is 8.15. The number of thioether (sulfide) groups is 1. The summed E-state index contributed by atoms with van der Waals surface area (Å²) in [5, 5.41) is 0.524. The summed E-state index contributed by atoms with van der Waals surface area (Å²) in [4.78, 5) is 8.27. The summed E-state index contributed by atoms with van der Waals surface area (Å²) in [6, 6.07) is 6.92. The number of methoxy groups -OCH3 is 1. The van der Waals surface area contributed by atoms with Crippen molar-refractivity contribution in [3.8, 4) is 0 Å². The summed E-state index contributed by atoms with van der Waals surface area (Å²) < 4.78 is 48.9. The van der Waals surface area contributed by atoms with E-state index in [1.165, 1.54) is 61.5 Å². The van der Waals surface area contributed by atoms with Crippen LogP contribution in [0.5, 0.6) is 0 Å². The molecule has 0 saturated carbocycles. The molecular weight excluding hydrogens is 447 g/mol. The number of nitrogens with zero attached hydrogens (tertiary/aromatic N) is 2. The Morgan fingerprint density at radius 1 is 1.32 bits per heavy atom. The molecule has 1 aliphatic carbocycles. The van der Waals surface area contributed by atoms with Crippen LogP contribution < -0.4 is 5.73 Å². The molecule has 2 heterocycles. The second-order valence-electron chi connectivity index (χ2n) is 7.40. The van der Waals surface area contributed by atoms with E-state index in [0.29, 0.717) is 16.2 Å². The highest BCUT2D eigenvalue weighted by Gasteiger charge is 2.64. The lowest BCUT2D eigenvalue weighted by molar-refractivity contribution is 0.193. The first-order valence-corrected chi connectivity index (χ1v) is 10.6. The van der Waals surface area contributed by atoms with Gasteiger partial charge in [0.25, 0.3) is 0 Å². The first kappa shape index (κ1) is 21.9. The maximum atomic E-state index is 15.0. The molecular formula is C22H19ClF3N3OS. The minimum atomic E-state index is -1.61. The standard InChI is InChI=1S/C22H19ClF3N3OS/c1-12-19-21(10-24,29-20(27)31-22(12,19)11-30-2)15-7-13(3-5-16(15)25)8-17(26)18-6-4-14(23)9-28-18/h3-9H,10-11H2,1-2H3,(H2,27,29)/b17-8-/t21-,22+/m1/s1. The van der Waals surface area contributed by atoms with Crippen LogP contribution in [0.4, 0.5) is 13.2 Å². The van der Waals surface area contributed by atoms with E-state index < -0.39 is 28.6 Å². The van der Waals surface area contributed by atoms with Crippen molar-refractivity contribution < 1.29 is 17.9 Å². The predicted molar refractivity (Wildman–Crippen MR) is 119 cm³/mol. The lowest BCUT2D eigenvalue weighted by atomic mass is 9.85. The summed E-state index contributed by atoms with van der Waals surface area (Å²) in [6.07, 6.45) is 2.53. The first-order chi connectivity index (χ1) is 14.8. The number of benzene rings is 1. The van der Waals surface area contributed by atoms with E-state index in [9.17, 15) is 13.2 Å². The molecule has 2 aliphatic rings. The Hall–Kier alpha value is -2.29. The van der Waals surface area contributed by atoms with Crippen LogP contribution in [0.3, 0.4) is 0 Å². The van der Waals surface area contributed by atoms with Crippen LogP contribution in [0, 0.1) is 5.82 Å². The Labute approximate surface area is 187 Å². The van der Waals surface area contributed by atoms with Gasteiger partial charge in [-0.05, 0) is 54.0 Å². The molecule has 31 heavy (non-hydrogen) atoms. The van der Waals surface area contributed by atoms with Crippen LogP contribution in [0.25, 0.3) is 11.9 Å². The third-order valence-corrected chi connectivity index (χ3v) is 7.06. The third-order valence-electron chi connectivity index (χ3n) is 5.56. The monoisotopic (exact) mass is 465 g/mol. The summed E-state index contributed by atoms with van der Waals surface area (Å²) in [6.45, 7) is 1.13.